The first kappa shape index (κ1) is 11.9. The molecule has 1 aromatic carbocycles. The summed E-state index contributed by atoms with van der Waals surface area (Å²) in [6.07, 6.45) is 4.08. The second-order valence-corrected chi connectivity index (χ2v) is 5.51. The average Bonchev–Trinajstić information content (AvgIpc) is 3.04. The van der Waals surface area contributed by atoms with E-state index in [0.29, 0.717) is 4.99 Å². The predicted octanol–water partition coefficient (Wildman–Crippen LogP) is 3.30. The number of thiocarbonyl (C=S) groups is 1. The molecule has 16 heavy (non-hydrogen) atoms. The van der Waals surface area contributed by atoms with Gasteiger partial charge >= 0.3 is 0 Å². The summed E-state index contributed by atoms with van der Waals surface area (Å²) in [6.45, 7) is 1.04. The highest BCUT2D eigenvalue weighted by atomic mass is 79.9. The van der Waals surface area contributed by atoms with E-state index in [1.54, 1.807) is 0 Å². The monoisotopic (exact) mass is 298 g/mol. The molecule has 0 radical (unpaired) electrons. The van der Waals surface area contributed by atoms with Crippen LogP contribution in [0.15, 0.2) is 22.7 Å². The second-order valence-electron chi connectivity index (χ2n) is 4.22. The minimum atomic E-state index is 0.435. The molecule has 0 amide bonds. The van der Waals surface area contributed by atoms with Crippen LogP contribution in [0.25, 0.3) is 0 Å². The van der Waals surface area contributed by atoms with Gasteiger partial charge in [-0.3, -0.25) is 0 Å². The average molecular weight is 299 g/mol. The zero-order chi connectivity index (χ0) is 11.5. The lowest BCUT2D eigenvalue weighted by atomic mass is 10.2. The molecule has 2 nitrogen and oxygen atoms in total. The summed E-state index contributed by atoms with van der Waals surface area (Å²) < 4.78 is 1.02. The van der Waals surface area contributed by atoms with Gasteiger partial charge in [0.2, 0.25) is 0 Å². The van der Waals surface area contributed by atoms with E-state index < -0.39 is 0 Å². The molecule has 0 atom stereocenters. The number of halogens is 1. The highest BCUT2D eigenvalue weighted by Crippen LogP contribution is 2.32. The Morgan fingerprint density at radius 2 is 2.25 bits per heavy atom. The lowest BCUT2D eigenvalue weighted by Crippen LogP contribution is -2.10. The molecule has 0 saturated heterocycles. The van der Waals surface area contributed by atoms with Gasteiger partial charge in [-0.1, -0.05) is 25.1 Å². The van der Waals surface area contributed by atoms with Crippen molar-refractivity contribution >= 4 is 38.8 Å². The van der Waals surface area contributed by atoms with Crippen molar-refractivity contribution in [2.24, 2.45) is 11.7 Å². The minimum absolute atomic E-state index is 0.435. The zero-order valence-corrected chi connectivity index (χ0v) is 11.4. The lowest BCUT2D eigenvalue weighted by Gasteiger charge is -2.09. The van der Waals surface area contributed by atoms with Crippen LogP contribution >= 0.6 is 28.1 Å². The number of nitrogens with two attached hydrogens (primary N) is 1. The third kappa shape index (κ3) is 3.19. The number of benzene rings is 1. The van der Waals surface area contributed by atoms with Crippen LogP contribution in [0.4, 0.5) is 5.69 Å². The van der Waals surface area contributed by atoms with Crippen LogP contribution in [0.5, 0.6) is 0 Å². The van der Waals surface area contributed by atoms with E-state index in [4.69, 9.17) is 18.0 Å². The molecule has 1 aliphatic carbocycles. The third-order valence-electron chi connectivity index (χ3n) is 2.82. The summed E-state index contributed by atoms with van der Waals surface area (Å²) in [5.41, 5.74) is 7.58. The summed E-state index contributed by atoms with van der Waals surface area (Å²) in [7, 11) is 0. The van der Waals surface area contributed by atoms with Gasteiger partial charge in [-0.25, -0.2) is 0 Å². The van der Waals surface area contributed by atoms with Crippen LogP contribution in [0.3, 0.4) is 0 Å². The first-order valence-corrected chi connectivity index (χ1v) is 6.70. The van der Waals surface area contributed by atoms with E-state index in [0.717, 1.165) is 28.2 Å². The predicted molar refractivity (Wildman–Crippen MR) is 75.9 cm³/mol. The van der Waals surface area contributed by atoms with Gasteiger partial charge in [0.25, 0.3) is 0 Å². The molecule has 1 aliphatic rings. The Bertz CT molecular complexity index is 402. The maximum absolute atomic E-state index is 5.57. The van der Waals surface area contributed by atoms with Gasteiger partial charge in [0.1, 0.15) is 4.99 Å². The van der Waals surface area contributed by atoms with E-state index >= 15 is 0 Å². The summed E-state index contributed by atoms with van der Waals surface area (Å²) in [4.78, 5) is 0.435. The SMILES string of the molecule is NC(=S)c1ccc(NCCC2CC2)c(Br)c1. The Morgan fingerprint density at radius 1 is 1.50 bits per heavy atom. The van der Waals surface area contributed by atoms with Gasteiger partial charge in [0, 0.05) is 22.3 Å². The second kappa shape index (κ2) is 5.15. The Morgan fingerprint density at radius 3 is 2.81 bits per heavy atom. The fraction of sp³-hybridized carbons (Fsp3) is 0.417. The Hall–Kier alpha value is -0.610. The van der Waals surface area contributed by atoms with Crippen molar-refractivity contribution in [1.82, 2.24) is 0 Å². The standard InChI is InChI=1S/C12H15BrN2S/c13-10-7-9(12(14)16)3-4-11(10)15-6-5-8-1-2-8/h3-4,7-8,15H,1-2,5-6H2,(H2,14,16). The largest absolute Gasteiger partial charge is 0.389 e. The molecule has 3 N–H and O–H groups in total. The van der Waals surface area contributed by atoms with Gasteiger partial charge in [0.05, 0.1) is 0 Å². The van der Waals surface area contributed by atoms with Crippen LogP contribution in [0.2, 0.25) is 0 Å². The molecule has 0 aliphatic heterocycles. The maximum atomic E-state index is 5.57. The van der Waals surface area contributed by atoms with Crippen molar-refractivity contribution < 1.29 is 0 Å². The van der Waals surface area contributed by atoms with Crippen LogP contribution in [0, 0.1) is 5.92 Å². The molecule has 2 rings (SSSR count). The third-order valence-corrected chi connectivity index (χ3v) is 3.71. The van der Waals surface area contributed by atoms with Crippen molar-refractivity contribution in [2.75, 3.05) is 11.9 Å². The minimum Gasteiger partial charge on any atom is -0.389 e. The molecular formula is C12H15BrN2S. The number of hydrogen-bond donors (Lipinski definition) is 2. The van der Waals surface area contributed by atoms with E-state index in [1.807, 2.05) is 18.2 Å². The van der Waals surface area contributed by atoms with Gasteiger partial charge < -0.3 is 11.1 Å². The molecule has 1 fully saturated rings. The fourth-order valence-corrected chi connectivity index (χ4v) is 2.28. The summed E-state index contributed by atoms with van der Waals surface area (Å²) in [5, 5.41) is 3.42. The normalized spacial score (nSPS) is 14.8. The Kier molecular flexibility index (Phi) is 3.82. The summed E-state index contributed by atoms with van der Waals surface area (Å²) in [6, 6.07) is 5.93. The number of nitrogens with one attached hydrogen (secondary N) is 1. The quantitative estimate of drug-likeness (QED) is 0.819. The summed E-state index contributed by atoms with van der Waals surface area (Å²) in [5.74, 6) is 0.960. The molecule has 0 spiro atoms. The van der Waals surface area contributed by atoms with Gasteiger partial charge in [-0.05, 0) is 46.5 Å². The van der Waals surface area contributed by atoms with Crippen LogP contribution in [0.1, 0.15) is 24.8 Å². The Balaban J connectivity index is 1.95. The van der Waals surface area contributed by atoms with Gasteiger partial charge in [-0.2, -0.15) is 0 Å². The summed E-state index contributed by atoms with van der Waals surface area (Å²) >= 11 is 8.45. The van der Waals surface area contributed by atoms with Gasteiger partial charge in [-0.15, -0.1) is 0 Å². The molecule has 0 unspecified atom stereocenters. The van der Waals surface area contributed by atoms with E-state index in [2.05, 4.69) is 21.2 Å². The molecule has 86 valence electrons. The number of anilines is 1. The van der Waals surface area contributed by atoms with Crippen molar-refractivity contribution in [3.05, 3.63) is 28.2 Å². The first-order valence-electron chi connectivity index (χ1n) is 5.50. The number of rotatable bonds is 5. The van der Waals surface area contributed by atoms with Gasteiger partial charge in [0.15, 0.2) is 0 Å². The van der Waals surface area contributed by atoms with E-state index in [-0.39, 0.29) is 0 Å². The maximum Gasteiger partial charge on any atom is 0.104 e. The van der Waals surface area contributed by atoms with Crippen LogP contribution < -0.4 is 11.1 Å². The van der Waals surface area contributed by atoms with Crippen molar-refractivity contribution in [1.29, 1.82) is 0 Å². The lowest BCUT2D eigenvalue weighted by molar-refractivity contribution is 0.760. The highest BCUT2D eigenvalue weighted by Gasteiger charge is 2.20. The van der Waals surface area contributed by atoms with Crippen molar-refractivity contribution in [3.8, 4) is 0 Å². The van der Waals surface area contributed by atoms with E-state index in [1.165, 1.54) is 19.3 Å². The highest BCUT2D eigenvalue weighted by molar-refractivity contribution is 9.10. The molecule has 0 heterocycles. The topological polar surface area (TPSA) is 38.0 Å². The zero-order valence-electron chi connectivity index (χ0n) is 9.00. The number of hydrogen-bond acceptors (Lipinski definition) is 2. The molecule has 0 aromatic heterocycles. The molecule has 0 bridgehead atoms. The van der Waals surface area contributed by atoms with Crippen molar-refractivity contribution in [2.45, 2.75) is 19.3 Å². The molecule has 4 heteroatoms. The van der Waals surface area contributed by atoms with Crippen LogP contribution in [-0.2, 0) is 0 Å². The van der Waals surface area contributed by atoms with Crippen molar-refractivity contribution in [3.63, 3.8) is 0 Å². The smallest absolute Gasteiger partial charge is 0.104 e. The van der Waals surface area contributed by atoms with E-state index in [9.17, 15) is 0 Å². The molecule has 1 aromatic rings. The van der Waals surface area contributed by atoms with Crippen LogP contribution in [-0.4, -0.2) is 11.5 Å². The molecule has 1 saturated carbocycles. The first-order chi connectivity index (χ1) is 7.66. The molecular weight excluding hydrogens is 284 g/mol. The Labute approximate surface area is 110 Å². The fourth-order valence-electron chi connectivity index (χ4n) is 1.63.